The van der Waals surface area contributed by atoms with E-state index in [0.717, 1.165) is 44.2 Å². The quantitative estimate of drug-likeness (QED) is 0.460. The van der Waals surface area contributed by atoms with Crippen molar-refractivity contribution in [1.29, 1.82) is 0 Å². The molecule has 172 valence electrons. The first kappa shape index (κ1) is 21.2. The van der Waals surface area contributed by atoms with Crippen LogP contribution < -0.4 is 15.5 Å². The maximum Gasteiger partial charge on any atom is 0.274 e. The number of aromatic nitrogens is 3. The van der Waals surface area contributed by atoms with Gasteiger partial charge in [-0.1, -0.05) is 19.3 Å². The summed E-state index contributed by atoms with van der Waals surface area (Å²) in [5, 5.41) is 6.48. The van der Waals surface area contributed by atoms with E-state index in [1.807, 2.05) is 18.2 Å². The van der Waals surface area contributed by atoms with Gasteiger partial charge < -0.3 is 25.5 Å². The summed E-state index contributed by atoms with van der Waals surface area (Å²) in [4.78, 5) is 50.2. The molecular formula is C24H28N6O3. The summed E-state index contributed by atoms with van der Waals surface area (Å²) in [6.45, 7) is 0. The van der Waals surface area contributed by atoms with Crippen molar-refractivity contribution in [2.45, 2.75) is 51.0 Å². The van der Waals surface area contributed by atoms with Gasteiger partial charge in [0.25, 0.3) is 11.8 Å². The molecular weight excluding hydrogens is 420 g/mol. The van der Waals surface area contributed by atoms with Crippen molar-refractivity contribution in [2.75, 3.05) is 17.3 Å². The van der Waals surface area contributed by atoms with Crippen LogP contribution in [0.25, 0.3) is 10.9 Å². The third-order valence-electron chi connectivity index (χ3n) is 6.58. The second kappa shape index (κ2) is 8.73. The van der Waals surface area contributed by atoms with Gasteiger partial charge in [0, 0.05) is 35.6 Å². The number of carbonyl (C=O) groups is 3. The fraction of sp³-hybridized carbons (Fsp3) is 0.417. The van der Waals surface area contributed by atoms with Crippen LogP contribution in [0.1, 0.15) is 65.8 Å². The van der Waals surface area contributed by atoms with Gasteiger partial charge in [-0.25, -0.2) is 4.98 Å². The number of benzene rings is 1. The van der Waals surface area contributed by atoms with Crippen LogP contribution >= 0.6 is 0 Å². The molecule has 5 rings (SSSR count). The van der Waals surface area contributed by atoms with Gasteiger partial charge in [-0.05, 0) is 43.9 Å². The van der Waals surface area contributed by atoms with Crippen molar-refractivity contribution < 1.29 is 14.4 Å². The number of hydrogen-bond acceptors (Lipinski definition) is 4. The Bertz CT molecular complexity index is 1190. The SMILES string of the molecule is CN(C(=O)C1CCCCC1)c1ccc2c(C(=O)NC3CC3)c(NC(=O)c3cnc[nH]3)[nH]c2c1. The lowest BCUT2D eigenvalue weighted by molar-refractivity contribution is -0.123. The fourth-order valence-electron chi connectivity index (χ4n) is 4.52. The van der Waals surface area contributed by atoms with Gasteiger partial charge >= 0.3 is 0 Å². The molecule has 0 bridgehead atoms. The van der Waals surface area contributed by atoms with E-state index in [2.05, 4.69) is 25.6 Å². The molecule has 2 heterocycles. The minimum atomic E-state index is -0.399. The second-order valence-electron chi connectivity index (χ2n) is 9.00. The summed E-state index contributed by atoms with van der Waals surface area (Å²) in [6.07, 6.45) is 10.0. The van der Waals surface area contributed by atoms with Crippen LogP contribution in [0.5, 0.6) is 0 Å². The van der Waals surface area contributed by atoms with Crippen molar-refractivity contribution in [2.24, 2.45) is 5.92 Å². The molecule has 4 N–H and O–H groups in total. The van der Waals surface area contributed by atoms with E-state index < -0.39 is 5.91 Å². The smallest absolute Gasteiger partial charge is 0.274 e. The third-order valence-corrected chi connectivity index (χ3v) is 6.58. The molecule has 0 unspecified atom stereocenters. The number of anilines is 2. The Morgan fingerprint density at radius 2 is 1.85 bits per heavy atom. The number of nitrogens with zero attached hydrogens (tertiary/aromatic N) is 2. The summed E-state index contributed by atoms with van der Waals surface area (Å²) in [5.41, 5.74) is 2.11. The van der Waals surface area contributed by atoms with Crippen LogP contribution in [0.2, 0.25) is 0 Å². The normalized spacial score (nSPS) is 16.5. The zero-order valence-electron chi connectivity index (χ0n) is 18.6. The van der Waals surface area contributed by atoms with E-state index in [1.165, 1.54) is 18.9 Å². The number of rotatable bonds is 6. The Labute approximate surface area is 191 Å². The molecule has 0 spiro atoms. The largest absolute Gasteiger partial charge is 0.349 e. The van der Waals surface area contributed by atoms with Gasteiger partial charge in [0.05, 0.1) is 18.1 Å². The highest BCUT2D eigenvalue weighted by Crippen LogP contribution is 2.32. The van der Waals surface area contributed by atoms with Crippen molar-refractivity contribution in [1.82, 2.24) is 20.3 Å². The van der Waals surface area contributed by atoms with Crippen LogP contribution in [0.4, 0.5) is 11.5 Å². The van der Waals surface area contributed by atoms with E-state index in [0.29, 0.717) is 28.0 Å². The lowest BCUT2D eigenvalue weighted by Crippen LogP contribution is -2.33. The van der Waals surface area contributed by atoms with Crippen molar-refractivity contribution in [3.05, 3.63) is 42.0 Å². The summed E-state index contributed by atoms with van der Waals surface area (Å²) < 4.78 is 0. The third kappa shape index (κ3) is 4.35. The molecule has 1 aromatic carbocycles. The molecule has 0 aliphatic heterocycles. The van der Waals surface area contributed by atoms with Crippen molar-refractivity contribution in [3.8, 4) is 0 Å². The maximum atomic E-state index is 13.0. The van der Waals surface area contributed by atoms with E-state index in [9.17, 15) is 14.4 Å². The number of imidazole rings is 1. The molecule has 2 aliphatic carbocycles. The molecule has 2 aliphatic rings. The van der Waals surface area contributed by atoms with Crippen LogP contribution in [-0.4, -0.2) is 45.8 Å². The van der Waals surface area contributed by atoms with E-state index in [1.54, 1.807) is 11.9 Å². The van der Waals surface area contributed by atoms with Crippen molar-refractivity contribution in [3.63, 3.8) is 0 Å². The fourth-order valence-corrected chi connectivity index (χ4v) is 4.52. The zero-order valence-corrected chi connectivity index (χ0v) is 18.6. The first-order valence-corrected chi connectivity index (χ1v) is 11.5. The summed E-state index contributed by atoms with van der Waals surface area (Å²) in [7, 11) is 1.79. The van der Waals surface area contributed by atoms with Crippen LogP contribution in [0.3, 0.4) is 0 Å². The van der Waals surface area contributed by atoms with Gasteiger partial charge in [-0.15, -0.1) is 0 Å². The van der Waals surface area contributed by atoms with E-state index >= 15 is 0 Å². The number of amides is 3. The topological polar surface area (TPSA) is 123 Å². The standard InChI is InChI=1S/C24H28N6O3/c1-30(24(33)14-5-3-2-4-6-14)16-9-10-17-18(11-16)28-21(20(17)23(32)27-15-7-8-15)29-22(31)19-12-25-13-26-19/h9-15,28H,2-8H2,1H3,(H,25,26)(H,27,32)(H,29,31). The van der Waals surface area contributed by atoms with Gasteiger partial charge in [-0.3, -0.25) is 14.4 Å². The zero-order chi connectivity index (χ0) is 22.9. The van der Waals surface area contributed by atoms with Gasteiger partial charge in [-0.2, -0.15) is 0 Å². The Hall–Kier alpha value is -3.62. The highest BCUT2D eigenvalue weighted by Gasteiger charge is 2.29. The molecule has 0 atom stereocenters. The molecule has 9 nitrogen and oxygen atoms in total. The summed E-state index contributed by atoms with van der Waals surface area (Å²) in [6, 6.07) is 5.72. The number of H-pyrrole nitrogens is 2. The number of aromatic amines is 2. The summed E-state index contributed by atoms with van der Waals surface area (Å²) >= 11 is 0. The first-order chi connectivity index (χ1) is 16.0. The predicted octanol–water partition coefficient (Wildman–Crippen LogP) is 3.58. The highest BCUT2D eigenvalue weighted by molar-refractivity contribution is 6.15. The van der Waals surface area contributed by atoms with Gasteiger partial charge in [0.1, 0.15) is 11.5 Å². The molecule has 2 fully saturated rings. The molecule has 2 saturated carbocycles. The Kier molecular flexibility index (Phi) is 5.62. The molecule has 9 heteroatoms. The lowest BCUT2D eigenvalue weighted by Gasteiger charge is -2.26. The van der Waals surface area contributed by atoms with Crippen LogP contribution in [0.15, 0.2) is 30.7 Å². The summed E-state index contributed by atoms with van der Waals surface area (Å²) in [5.74, 6) is -0.124. The van der Waals surface area contributed by atoms with Crippen LogP contribution in [-0.2, 0) is 4.79 Å². The number of hydrogen-bond donors (Lipinski definition) is 4. The lowest BCUT2D eigenvalue weighted by atomic mass is 9.88. The minimum Gasteiger partial charge on any atom is -0.349 e. The first-order valence-electron chi connectivity index (χ1n) is 11.5. The number of fused-ring (bicyclic) bond motifs is 1. The molecule has 3 aromatic rings. The molecule has 0 saturated heterocycles. The Balaban J connectivity index is 1.46. The highest BCUT2D eigenvalue weighted by atomic mass is 16.2. The average Bonchev–Trinajstić information content (AvgIpc) is 3.33. The minimum absolute atomic E-state index is 0.0622. The average molecular weight is 449 g/mol. The Morgan fingerprint density at radius 3 is 2.55 bits per heavy atom. The molecule has 2 aromatic heterocycles. The van der Waals surface area contributed by atoms with E-state index in [-0.39, 0.29) is 23.8 Å². The van der Waals surface area contributed by atoms with Crippen molar-refractivity contribution >= 4 is 40.1 Å². The maximum absolute atomic E-state index is 13.0. The van der Waals surface area contributed by atoms with Gasteiger partial charge in [0.15, 0.2) is 0 Å². The van der Waals surface area contributed by atoms with E-state index in [4.69, 9.17) is 0 Å². The van der Waals surface area contributed by atoms with Gasteiger partial charge in [0.2, 0.25) is 5.91 Å². The monoisotopic (exact) mass is 448 g/mol. The van der Waals surface area contributed by atoms with Crippen LogP contribution in [0, 0.1) is 5.92 Å². The predicted molar refractivity (Wildman–Crippen MR) is 125 cm³/mol. The Morgan fingerprint density at radius 1 is 1.06 bits per heavy atom. The number of nitrogens with one attached hydrogen (secondary N) is 4. The molecule has 0 radical (unpaired) electrons. The molecule has 3 amide bonds. The second-order valence-corrected chi connectivity index (χ2v) is 9.00. The molecule has 33 heavy (non-hydrogen) atoms. The number of carbonyl (C=O) groups excluding carboxylic acids is 3.